The molecule has 25 heavy (non-hydrogen) atoms. The van der Waals surface area contributed by atoms with Crippen LogP contribution in [0, 0.1) is 6.92 Å². The Morgan fingerprint density at radius 3 is 2.48 bits per heavy atom. The molecule has 0 bridgehead atoms. The Bertz CT molecular complexity index is 916. The van der Waals surface area contributed by atoms with Crippen LogP contribution in [0.2, 0.25) is 0 Å². The second-order valence-corrected chi connectivity index (χ2v) is 6.36. The summed E-state index contributed by atoms with van der Waals surface area (Å²) in [5.41, 5.74) is 4.46. The molecule has 1 aromatic heterocycles. The number of anilines is 1. The van der Waals surface area contributed by atoms with Crippen molar-refractivity contribution in [2.45, 2.75) is 6.92 Å². The number of nitrogens with zero attached hydrogens (tertiary/aromatic N) is 4. The van der Waals surface area contributed by atoms with Crippen molar-refractivity contribution >= 4 is 22.6 Å². The number of rotatable bonds is 2. The van der Waals surface area contributed by atoms with Crippen LogP contribution >= 0.6 is 0 Å². The molecular formula is C20H20N4O. The van der Waals surface area contributed by atoms with E-state index < -0.39 is 0 Å². The fourth-order valence-electron chi connectivity index (χ4n) is 3.21. The fraction of sp³-hybridized carbons (Fsp3) is 0.250. The highest BCUT2D eigenvalue weighted by molar-refractivity contribution is 5.94. The number of para-hydroxylation sites is 2. The lowest BCUT2D eigenvalue weighted by Gasteiger charge is -2.36. The summed E-state index contributed by atoms with van der Waals surface area (Å²) in [6.07, 6.45) is 1.58. The summed E-state index contributed by atoms with van der Waals surface area (Å²) in [7, 11) is 0. The van der Waals surface area contributed by atoms with Gasteiger partial charge in [0.05, 0.1) is 17.2 Å². The van der Waals surface area contributed by atoms with Crippen LogP contribution in [0.4, 0.5) is 5.69 Å². The van der Waals surface area contributed by atoms with E-state index in [0.29, 0.717) is 18.8 Å². The summed E-state index contributed by atoms with van der Waals surface area (Å²) in [5, 5.41) is 0. The first-order chi connectivity index (χ1) is 12.2. The second kappa shape index (κ2) is 6.51. The van der Waals surface area contributed by atoms with Gasteiger partial charge in [-0.3, -0.25) is 9.78 Å². The summed E-state index contributed by atoms with van der Waals surface area (Å²) in [5.74, 6) is -0.0397. The van der Waals surface area contributed by atoms with Gasteiger partial charge in [0.2, 0.25) is 0 Å². The molecule has 5 nitrogen and oxygen atoms in total. The average Bonchev–Trinajstić information content (AvgIpc) is 2.67. The third-order valence-corrected chi connectivity index (χ3v) is 4.60. The van der Waals surface area contributed by atoms with E-state index in [2.05, 4.69) is 46.1 Å². The Morgan fingerprint density at radius 1 is 0.960 bits per heavy atom. The van der Waals surface area contributed by atoms with Crippen LogP contribution < -0.4 is 4.90 Å². The highest BCUT2D eigenvalue weighted by atomic mass is 16.2. The summed E-state index contributed by atoms with van der Waals surface area (Å²) in [6, 6.07) is 16.1. The van der Waals surface area contributed by atoms with E-state index in [1.165, 1.54) is 11.3 Å². The predicted molar refractivity (Wildman–Crippen MR) is 98.8 cm³/mol. The molecule has 0 spiro atoms. The lowest BCUT2D eigenvalue weighted by molar-refractivity contribution is 0.0741. The topological polar surface area (TPSA) is 49.3 Å². The van der Waals surface area contributed by atoms with Crippen LogP contribution in [0.3, 0.4) is 0 Å². The lowest BCUT2D eigenvalue weighted by Crippen LogP contribution is -2.49. The van der Waals surface area contributed by atoms with Gasteiger partial charge in [-0.05, 0) is 36.8 Å². The maximum absolute atomic E-state index is 12.7. The minimum Gasteiger partial charge on any atom is -0.368 e. The number of benzene rings is 2. The zero-order valence-electron chi connectivity index (χ0n) is 14.2. The first kappa shape index (κ1) is 15.6. The second-order valence-electron chi connectivity index (χ2n) is 6.36. The fourth-order valence-corrected chi connectivity index (χ4v) is 3.21. The van der Waals surface area contributed by atoms with Crippen LogP contribution in [0.5, 0.6) is 0 Å². The maximum Gasteiger partial charge on any atom is 0.274 e. The Balaban J connectivity index is 1.47. The maximum atomic E-state index is 12.7. The van der Waals surface area contributed by atoms with Gasteiger partial charge in [-0.15, -0.1) is 0 Å². The van der Waals surface area contributed by atoms with Crippen LogP contribution in [-0.2, 0) is 0 Å². The number of aromatic nitrogens is 2. The van der Waals surface area contributed by atoms with E-state index in [0.717, 1.165) is 24.1 Å². The highest BCUT2D eigenvalue weighted by Gasteiger charge is 2.23. The van der Waals surface area contributed by atoms with Gasteiger partial charge in [-0.1, -0.05) is 24.3 Å². The molecule has 126 valence electrons. The average molecular weight is 332 g/mol. The Morgan fingerprint density at radius 2 is 1.72 bits per heavy atom. The molecule has 2 heterocycles. The van der Waals surface area contributed by atoms with Gasteiger partial charge < -0.3 is 9.80 Å². The SMILES string of the molecule is Cc1cccc(N2CCN(C(=O)c3cnc4ccccc4n3)CC2)c1. The van der Waals surface area contributed by atoms with E-state index in [1.807, 2.05) is 29.2 Å². The van der Waals surface area contributed by atoms with E-state index in [9.17, 15) is 4.79 Å². The minimum atomic E-state index is -0.0397. The summed E-state index contributed by atoms with van der Waals surface area (Å²) >= 11 is 0. The number of amides is 1. The summed E-state index contributed by atoms with van der Waals surface area (Å²) in [4.78, 5) is 25.8. The van der Waals surface area contributed by atoms with Crippen molar-refractivity contribution in [2.75, 3.05) is 31.1 Å². The molecule has 2 aromatic carbocycles. The van der Waals surface area contributed by atoms with Gasteiger partial charge >= 0.3 is 0 Å². The number of hydrogen-bond acceptors (Lipinski definition) is 4. The molecule has 0 radical (unpaired) electrons. The molecule has 4 rings (SSSR count). The minimum absolute atomic E-state index is 0.0397. The number of hydrogen-bond donors (Lipinski definition) is 0. The smallest absolute Gasteiger partial charge is 0.274 e. The van der Waals surface area contributed by atoms with Gasteiger partial charge in [-0.2, -0.15) is 0 Å². The molecule has 1 aliphatic rings. The van der Waals surface area contributed by atoms with Crippen molar-refractivity contribution in [3.05, 3.63) is 66.0 Å². The zero-order chi connectivity index (χ0) is 17.2. The van der Waals surface area contributed by atoms with Gasteiger partial charge in [-0.25, -0.2) is 4.98 Å². The molecule has 1 fully saturated rings. The van der Waals surface area contributed by atoms with Gasteiger partial charge in [0.1, 0.15) is 5.69 Å². The molecule has 1 amide bonds. The molecule has 3 aromatic rings. The van der Waals surface area contributed by atoms with Crippen molar-refractivity contribution in [1.82, 2.24) is 14.9 Å². The van der Waals surface area contributed by atoms with E-state index in [-0.39, 0.29) is 5.91 Å². The molecule has 1 aliphatic heterocycles. The van der Waals surface area contributed by atoms with E-state index in [1.54, 1.807) is 6.20 Å². The van der Waals surface area contributed by atoms with Crippen LogP contribution in [0.15, 0.2) is 54.7 Å². The van der Waals surface area contributed by atoms with Crippen LogP contribution in [-0.4, -0.2) is 47.0 Å². The number of carbonyl (C=O) groups is 1. The van der Waals surface area contributed by atoms with Crippen molar-refractivity contribution < 1.29 is 4.79 Å². The third-order valence-electron chi connectivity index (χ3n) is 4.60. The zero-order valence-corrected chi connectivity index (χ0v) is 14.2. The summed E-state index contributed by atoms with van der Waals surface area (Å²) < 4.78 is 0. The summed E-state index contributed by atoms with van der Waals surface area (Å²) in [6.45, 7) is 5.15. The largest absolute Gasteiger partial charge is 0.368 e. The molecule has 0 unspecified atom stereocenters. The predicted octanol–water partition coefficient (Wildman–Crippen LogP) is 2.90. The van der Waals surface area contributed by atoms with Crippen molar-refractivity contribution in [3.8, 4) is 0 Å². The van der Waals surface area contributed by atoms with E-state index >= 15 is 0 Å². The van der Waals surface area contributed by atoms with Gasteiger partial charge in [0.15, 0.2) is 0 Å². The van der Waals surface area contributed by atoms with E-state index in [4.69, 9.17) is 0 Å². The van der Waals surface area contributed by atoms with Crippen molar-refractivity contribution in [2.24, 2.45) is 0 Å². The molecule has 1 saturated heterocycles. The number of piperazine rings is 1. The first-order valence-corrected chi connectivity index (χ1v) is 8.53. The van der Waals surface area contributed by atoms with Crippen LogP contribution in [0.1, 0.15) is 16.1 Å². The Hall–Kier alpha value is -2.95. The quantitative estimate of drug-likeness (QED) is 0.724. The van der Waals surface area contributed by atoms with Gasteiger partial charge in [0.25, 0.3) is 5.91 Å². The monoisotopic (exact) mass is 332 g/mol. The molecular weight excluding hydrogens is 312 g/mol. The third kappa shape index (κ3) is 3.18. The normalized spacial score (nSPS) is 14.8. The number of aryl methyl sites for hydroxylation is 1. The number of carbonyl (C=O) groups excluding carboxylic acids is 1. The van der Waals surface area contributed by atoms with Gasteiger partial charge in [0, 0.05) is 31.9 Å². The highest BCUT2D eigenvalue weighted by Crippen LogP contribution is 2.18. The Labute approximate surface area is 146 Å². The molecule has 0 atom stereocenters. The molecule has 0 N–H and O–H groups in total. The number of fused-ring (bicyclic) bond motifs is 1. The standard InChI is InChI=1S/C20H20N4O/c1-15-5-4-6-16(13-15)23-9-11-24(12-10-23)20(25)19-14-21-17-7-2-3-8-18(17)22-19/h2-8,13-14H,9-12H2,1H3. The molecule has 5 heteroatoms. The first-order valence-electron chi connectivity index (χ1n) is 8.53. The molecule has 0 aliphatic carbocycles. The lowest BCUT2D eigenvalue weighted by atomic mass is 10.2. The van der Waals surface area contributed by atoms with Crippen LogP contribution in [0.25, 0.3) is 11.0 Å². The Kier molecular flexibility index (Phi) is 4.06. The van der Waals surface area contributed by atoms with Crippen molar-refractivity contribution in [1.29, 1.82) is 0 Å². The molecule has 0 saturated carbocycles. The van der Waals surface area contributed by atoms with Crippen molar-refractivity contribution in [3.63, 3.8) is 0 Å².